The first-order valence-corrected chi connectivity index (χ1v) is 17.3. The summed E-state index contributed by atoms with van der Waals surface area (Å²) in [6.45, 7) is 30.0. The number of rotatable bonds is 24. The topological polar surface area (TPSA) is 236 Å². The summed E-state index contributed by atoms with van der Waals surface area (Å²) in [5, 5.41) is 0. The molecule has 0 aliphatic heterocycles. The van der Waals surface area contributed by atoms with Gasteiger partial charge in [0.25, 0.3) is 0 Å². The molecule has 0 unspecified atom stereocenters. The molecule has 14 nitrogen and oxygen atoms in total. The summed E-state index contributed by atoms with van der Waals surface area (Å²) in [5.41, 5.74) is 34.5. The van der Waals surface area contributed by atoms with Gasteiger partial charge < -0.3 is 111 Å². The molecule has 0 aromatic carbocycles. The third-order valence-corrected chi connectivity index (χ3v) is 7.89. The largest absolute Gasteiger partial charge is 2.00 e. The van der Waals surface area contributed by atoms with Gasteiger partial charge in [0.2, 0.25) is 0 Å². The van der Waals surface area contributed by atoms with E-state index in [-0.39, 0.29) is 205 Å². The van der Waals surface area contributed by atoms with Gasteiger partial charge in [-0.25, -0.2) is 0 Å². The van der Waals surface area contributed by atoms with E-state index in [2.05, 4.69) is 55.4 Å². The van der Waals surface area contributed by atoms with E-state index in [0.29, 0.717) is 0 Å². The molecule has 0 fully saturated rings. The quantitative estimate of drug-likeness (QED) is 0.0949. The average Bonchev–Trinajstić information content (AvgIpc) is 3.15. The van der Waals surface area contributed by atoms with E-state index in [1.807, 2.05) is 0 Å². The van der Waals surface area contributed by atoms with E-state index in [0.717, 1.165) is 0 Å². The van der Waals surface area contributed by atoms with Gasteiger partial charge >= 0.3 is 68.3 Å². The van der Waals surface area contributed by atoms with E-state index in [1.165, 1.54) is 164 Å². The third kappa shape index (κ3) is 108. The standard InChI is InChI=1S/2C16H36N.6Fe.6NO.6Se/c2*1-5-9-13-17(14-10-6-2,15-11-7-3)16-12-8-4;;;;;;;6*1-2;;;;;;/h2*5-16H2,1-4H3;;;;;;;;;;;;;;;;;;/q2*+1;;;4*+2;;;;;;;6*-2. The summed E-state index contributed by atoms with van der Waals surface area (Å²) in [6, 6.07) is 0. The molecule has 0 saturated heterocycles. The monoisotopic (exact) mass is 1480 g/mol. The molecule has 0 rings (SSSR count). The van der Waals surface area contributed by atoms with Crippen LogP contribution in [0.25, 0.3) is 0 Å². The number of hydrogen-bond donors (Lipinski definition) is 0. The SMILES string of the molecule is CCCC[N+](CCCC)(CCCC)CCCC.CCCC[N+](CCCC)(CCCC)CCCC.[Fe+2].[Fe+2].[Fe+2].[Fe+2].[Fe].[Fe].[N]=O.[N]=O.[N]=O.[N]=O.[N]=O.[N]=O.[Se-2].[Se-2].[Se-2].[Se-2].[Se-2].[Se-2]. The van der Waals surface area contributed by atoms with E-state index >= 15 is 0 Å². The van der Waals surface area contributed by atoms with E-state index < -0.39 is 0 Å². The molecule has 0 spiro atoms. The fourth-order valence-electron chi connectivity index (χ4n) is 5.29. The van der Waals surface area contributed by atoms with Crippen molar-refractivity contribution in [1.82, 2.24) is 33.6 Å². The van der Waals surface area contributed by atoms with Gasteiger partial charge in [-0.05, 0) is 51.4 Å². The molecule has 26 heteroatoms. The molecule has 0 saturated carbocycles. The molecule has 0 amide bonds. The smallest absolute Gasteiger partial charge is 2.00 e. The Bertz CT molecular complexity index is 432. The Morgan fingerprint density at radius 3 is 0.362 bits per heavy atom. The van der Waals surface area contributed by atoms with Crippen LogP contribution in [0.4, 0.5) is 0 Å². The molecular formula is C32H72Fe6N8O6Se6-2. The summed E-state index contributed by atoms with van der Waals surface area (Å²) in [4.78, 5) is 43.5. The van der Waals surface area contributed by atoms with Gasteiger partial charge in [-0.2, -0.15) is 0 Å². The van der Waals surface area contributed by atoms with Crippen molar-refractivity contribution in [2.75, 3.05) is 52.4 Å². The molecule has 6 radical (unpaired) electrons. The second-order valence-corrected chi connectivity index (χ2v) is 11.3. The van der Waals surface area contributed by atoms with Crippen LogP contribution in [-0.4, -0.2) is 164 Å². The molecule has 362 valence electrons. The van der Waals surface area contributed by atoms with Crippen molar-refractivity contribution in [2.45, 2.75) is 158 Å². The summed E-state index contributed by atoms with van der Waals surface area (Å²) < 4.78 is 2.84. The van der Waals surface area contributed by atoms with Crippen LogP contribution in [0.3, 0.4) is 0 Å². The van der Waals surface area contributed by atoms with Crippen molar-refractivity contribution in [3.05, 3.63) is 29.4 Å². The van der Waals surface area contributed by atoms with Crippen molar-refractivity contribution in [3.8, 4) is 0 Å². The van der Waals surface area contributed by atoms with Gasteiger partial charge in [0.1, 0.15) is 33.6 Å². The van der Waals surface area contributed by atoms with Crippen LogP contribution in [-0.2, 0) is 102 Å². The zero-order valence-corrected chi connectivity index (χ0v) is 52.5. The van der Waals surface area contributed by atoms with Crippen LogP contribution >= 0.6 is 0 Å². The van der Waals surface area contributed by atoms with Crippen LogP contribution in [0, 0.1) is 29.4 Å². The summed E-state index contributed by atoms with van der Waals surface area (Å²) in [5.74, 6) is 0. The minimum Gasteiger partial charge on any atom is -2.00 e. The molecule has 58 heavy (non-hydrogen) atoms. The maximum Gasteiger partial charge on any atom is 2.00 e. The van der Waals surface area contributed by atoms with Gasteiger partial charge in [-0.15, -0.1) is 29.4 Å². The van der Waals surface area contributed by atoms with Gasteiger partial charge in [0.15, 0.2) is 0 Å². The van der Waals surface area contributed by atoms with Crippen molar-refractivity contribution >= 4 is 102 Å². The molecule has 0 heterocycles. The summed E-state index contributed by atoms with van der Waals surface area (Å²) >= 11 is 0. The third-order valence-electron chi connectivity index (χ3n) is 7.89. The Balaban J connectivity index is -0.0000000187. The Kier molecular flexibility index (Phi) is 309. The first-order valence-electron chi connectivity index (χ1n) is 17.3. The first-order chi connectivity index (χ1) is 22.5. The van der Waals surface area contributed by atoms with Crippen LogP contribution in [0.5, 0.6) is 0 Å². The predicted octanol–water partition coefficient (Wildman–Crippen LogP) is 5.02. The maximum absolute atomic E-state index is 7.25. The Morgan fingerprint density at radius 1 is 0.241 bits per heavy atom. The number of nitrogens with zero attached hydrogens (tertiary/aromatic N) is 8. The van der Waals surface area contributed by atoms with Crippen LogP contribution in [0.1, 0.15) is 158 Å². The van der Waals surface area contributed by atoms with Gasteiger partial charge in [-0.3, -0.25) is 0 Å². The van der Waals surface area contributed by atoms with Crippen LogP contribution in [0.2, 0.25) is 0 Å². The van der Waals surface area contributed by atoms with Crippen LogP contribution in [0.15, 0.2) is 0 Å². The molecule has 0 N–H and O–H groups in total. The second kappa shape index (κ2) is 137. The van der Waals surface area contributed by atoms with Gasteiger partial charge in [-0.1, -0.05) is 107 Å². The number of unbranched alkanes of at least 4 members (excludes halogenated alkanes) is 8. The molecular weight excluding hydrogens is 1400 g/mol. The van der Waals surface area contributed by atoms with E-state index in [4.69, 9.17) is 63.0 Å². The fraction of sp³-hybridized carbons (Fsp3) is 1.00. The number of quaternary nitrogens is 2. The zero-order chi connectivity index (χ0) is 38.0. The predicted molar refractivity (Wildman–Crippen MR) is 226 cm³/mol. The molecule has 0 atom stereocenters. The second-order valence-electron chi connectivity index (χ2n) is 11.3. The van der Waals surface area contributed by atoms with Gasteiger partial charge in [0, 0.05) is 34.1 Å². The Morgan fingerprint density at radius 2 is 0.310 bits per heavy atom. The summed E-state index contributed by atoms with van der Waals surface area (Å²) in [7, 11) is 0. The summed E-state index contributed by atoms with van der Waals surface area (Å²) in [6.07, 6.45) is 22.1. The number of hydrogen-bond acceptors (Lipinski definition) is 6. The van der Waals surface area contributed by atoms with Crippen molar-refractivity contribution in [1.29, 1.82) is 0 Å². The minimum absolute atomic E-state index is 0. The normalized spacial score (nSPS) is 7.45. The maximum atomic E-state index is 7.25. The first kappa shape index (κ1) is 131. The molecule has 0 aliphatic carbocycles. The zero-order valence-electron chi connectivity index (χ0n) is 35.6. The fourth-order valence-corrected chi connectivity index (χ4v) is 5.29. The van der Waals surface area contributed by atoms with E-state index in [9.17, 15) is 0 Å². The molecule has 0 aliphatic rings. The van der Waals surface area contributed by atoms with Crippen LogP contribution < -0.4 is 33.6 Å². The van der Waals surface area contributed by atoms with Crippen molar-refractivity contribution < 1.29 is 111 Å². The molecule has 0 bridgehead atoms. The van der Waals surface area contributed by atoms with Crippen molar-refractivity contribution in [3.63, 3.8) is 0 Å². The molecule has 0 aromatic heterocycles. The van der Waals surface area contributed by atoms with E-state index in [1.54, 1.807) is 0 Å². The minimum atomic E-state index is 0. The van der Waals surface area contributed by atoms with Gasteiger partial charge in [0.05, 0.1) is 52.4 Å². The average molecular weight is 1470 g/mol. The Hall–Kier alpha value is 3.75. The Labute approximate surface area is 481 Å². The number of nitroso groups, excluding NO2 is 6. The van der Waals surface area contributed by atoms with Crippen molar-refractivity contribution in [2.24, 2.45) is 0 Å². The molecule has 0 aromatic rings.